The first kappa shape index (κ1) is 18.2. The van der Waals surface area contributed by atoms with Gasteiger partial charge in [-0.2, -0.15) is 10.1 Å². The summed E-state index contributed by atoms with van der Waals surface area (Å²) in [6, 6.07) is 14.6. The van der Waals surface area contributed by atoms with Crippen LogP contribution in [-0.2, 0) is 6.42 Å². The van der Waals surface area contributed by atoms with Crippen molar-refractivity contribution in [2.45, 2.75) is 6.42 Å². The van der Waals surface area contributed by atoms with Gasteiger partial charge in [-0.1, -0.05) is 18.2 Å². The van der Waals surface area contributed by atoms with Gasteiger partial charge in [-0.15, -0.1) is 5.10 Å². The van der Waals surface area contributed by atoms with E-state index in [1.54, 1.807) is 6.20 Å². The lowest BCUT2D eigenvalue weighted by molar-refractivity contribution is 0.634. The van der Waals surface area contributed by atoms with Gasteiger partial charge in [0, 0.05) is 57.9 Å². The molecule has 0 aliphatic carbocycles. The van der Waals surface area contributed by atoms with Gasteiger partial charge in [0.2, 0.25) is 5.95 Å². The molecule has 0 radical (unpaired) electrons. The minimum absolute atomic E-state index is 0.709. The third kappa shape index (κ3) is 4.36. The van der Waals surface area contributed by atoms with E-state index in [1.165, 1.54) is 11.3 Å². The average molecular weight is 375 g/mol. The van der Waals surface area contributed by atoms with Crippen molar-refractivity contribution in [3.63, 3.8) is 0 Å². The summed E-state index contributed by atoms with van der Waals surface area (Å²) in [5.74, 6) is 1.56. The molecule has 0 atom stereocenters. The fourth-order valence-corrected chi connectivity index (χ4v) is 3.37. The molecule has 144 valence electrons. The molecule has 0 amide bonds. The van der Waals surface area contributed by atoms with Crippen LogP contribution in [0.5, 0.6) is 0 Å². The number of aromatic nitrogens is 4. The molecular formula is C21H25N7. The normalized spacial score (nSPS) is 14.2. The van der Waals surface area contributed by atoms with E-state index in [1.807, 2.05) is 31.6 Å². The second-order valence-corrected chi connectivity index (χ2v) is 6.95. The molecule has 1 aliphatic heterocycles. The molecule has 3 aromatic rings. The molecule has 4 rings (SSSR count). The first-order valence-electron chi connectivity index (χ1n) is 9.64. The van der Waals surface area contributed by atoms with Crippen LogP contribution in [0.25, 0.3) is 0 Å². The summed E-state index contributed by atoms with van der Waals surface area (Å²) in [7, 11) is 2.04. The Hall–Kier alpha value is -3.22. The maximum Gasteiger partial charge on any atom is 0.247 e. The van der Waals surface area contributed by atoms with E-state index in [0.717, 1.165) is 45.0 Å². The van der Waals surface area contributed by atoms with E-state index < -0.39 is 0 Å². The minimum Gasteiger partial charge on any atom is -0.368 e. The number of rotatable bonds is 6. The van der Waals surface area contributed by atoms with Gasteiger partial charge in [-0.3, -0.25) is 4.98 Å². The van der Waals surface area contributed by atoms with E-state index >= 15 is 0 Å². The van der Waals surface area contributed by atoms with Gasteiger partial charge in [0.1, 0.15) is 0 Å². The van der Waals surface area contributed by atoms with Crippen LogP contribution in [0, 0.1) is 0 Å². The van der Waals surface area contributed by atoms with Crippen molar-refractivity contribution in [2.24, 2.45) is 0 Å². The number of pyridine rings is 1. The smallest absolute Gasteiger partial charge is 0.247 e. The van der Waals surface area contributed by atoms with Gasteiger partial charge in [-0.05, 0) is 36.2 Å². The number of nitrogens with zero attached hydrogens (tertiary/aromatic N) is 7. The Kier molecular flexibility index (Phi) is 5.61. The Morgan fingerprint density at radius 1 is 0.929 bits per heavy atom. The summed E-state index contributed by atoms with van der Waals surface area (Å²) < 4.78 is 0. The Bertz CT molecular complexity index is 864. The van der Waals surface area contributed by atoms with Crippen LogP contribution in [-0.4, -0.2) is 59.9 Å². The highest BCUT2D eigenvalue weighted by Crippen LogP contribution is 2.19. The molecule has 2 aromatic heterocycles. The second kappa shape index (κ2) is 8.65. The van der Waals surface area contributed by atoms with E-state index in [9.17, 15) is 0 Å². The summed E-state index contributed by atoms with van der Waals surface area (Å²) in [6.07, 6.45) is 6.33. The lowest BCUT2D eigenvalue weighted by atomic mass is 10.2. The Morgan fingerprint density at radius 3 is 2.39 bits per heavy atom. The molecule has 0 saturated carbocycles. The first-order valence-corrected chi connectivity index (χ1v) is 9.64. The molecule has 3 heterocycles. The van der Waals surface area contributed by atoms with Gasteiger partial charge >= 0.3 is 0 Å². The molecule has 7 heteroatoms. The van der Waals surface area contributed by atoms with Gasteiger partial charge in [0.25, 0.3) is 0 Å². The lowest BCUT2D eigenvalue weighted by Crippen LogP contribution is -2.47. The largest absolute Gasteiger partial charge is 0.368 e. The van der Waals surface area contributed by atoms with Crippen molar-refractivity contribution < 1.29 is 0 Å². The van der Waals surface area contributed by atoms with Gasteiger partial charge in [-0.25, -0.2) is 0 Å². The topological polar surface area (TPSA) is 61.3 Å². The molecule has 1 saturated heterocycles. The molecule has 0 spiro atoms. The van der Waals surface area contributed by atoms with Crippen molar-refractivity contribution in [3.8, 4) is 0 Å². The Balaban J connectivity index is 1.36. The van der Waals surface area contributed by atoms with Crippen molar-refractivity contribution in [2.75, 3.05) is 54.5 Å². The van der Waals surface area contributed by atoms with E-state index in [0.29, 0.717) is 5.95 Å². The standard InChI is InChI=1S/C21H25N7/c1-26(12-9-18-7-10-22-11-8-18)20-17-23-25-21(24-20)28-15-13-27(14-16-28)19-5-3-2-4-6-19/h2-8,10-11,17H,9,12-16H2,1H3. The van der Waals surface area contributed by atoms with Crippen molar-refractivity contribution in [3.05, 3.63) is 66.6 Å². The zero-order chi connectivity index (χ0) is 19.2. The molecule has 0 unspecified atom stereocenters. The second-order valence-electron chi connectivity index (χ2n) is 6.95. The van der Waals surface area contributed by atoms with Crippen LogP contribution >= 0.6 is 0 Å². The third-order valence-electron chi connectivity index (χ3n) is 5.10. The Morgan fingerprint density at radius 2 is 1.64 bits per heavy atom. The number of para-hydroxylation sites is 1. The molecule has 1 aromatic carbocycles. The van der Waals surface area contributed by atoms with Crippen molar-refractivity contribution >= 4 is 17.5 Å². The summed E-state index contributed by atoms with van der Waals surface area (Å²) in [4.78, 5) is 15.6. The summed E-state index contributed by atoms with van der Waals surface area (Å²) in [6.45, 7) is 4.55. The Labute approximate surface area is 165 Å². The molecule has 28 heavy (non-hydrogen) atoms. The predicted molar refractivity (Wildman–Crippen MR) is 112 cm³/mol. The number of benzene rings is 1. The molecule has 1 aliphatic rings. The molecule has 0 N–H and O–H groups in total. The van der Waals surface area contributed by atoms with Crippen LogP contribution in [0.15, 0.2) is 61.1 Å². The van der Waals surface area contributed by atoms with Crippen LogP contribution in [0.2, 0.25) is 0 Å². The maximum atomic E-state index is 4.75. The summed E-state index contributed by atoms with van der Waals surface area (Å²) >= 11 is 0. The van der Waals surface area contributed by atoms with Crippen LogP contribution in [0.4, 0.5) is 17.5 Å². The highest BCUT2D eigenvalue weighted by atomic mass is 15.4. The molecular weight excluding hydrogens is 350 g/mol. The monoisotopic (exact) mass is 375 g/mol. The van der Waals surface area contributed by atoms with Gasteiger partial charge < -0.3 is 14.7 Å². The molecule has 1 fully saturated rings. The van der Waals surface area contributed by atoms with Crippen LogP contribution in [0.1, 0.15) is 5.56 Å². The van der Waals surface area contributed by atoms with Crippen LogP contribution < -0.4 is 14.7 Å². The van der Waals surface area contributed by atoms with E-state index in [4.69, 9.17) is 4.98 Å². The fraction of sp³-hybridized carbons (Fsp3) is 0.333. The van der Waals surface area contributed by atoms with Crippen molar-refractivity contribution in [1.82, 2.24) is 20.2 Å². The predicted octanol–water partition coefficient (Wildman–Crippen LogP) is 2.27. The van der Waals surface area contributed by atoms with E-state index in [-0.39, 0.29) is 0 Å². The molecule has 7 nitrogen and oxygen atoms in total. The lowest BCUT2D eigenvalue weighted by Gasteiger charge is -2.36. The SMILES string of the molecule is CN(CCc1ccncc1)c1cnnc(N2CCN(c3ccccc3)CC2)n1. The minimum atomic E-state index is 0.709. The number of anilines is 3. The van der Waals surface area contributed by atoms with E-state index in [2.05, 4.69) is 60.2 Å². The highest BCUT2D eigenvalue weighted by molar-refractivity contribution is 5.49. The number of piperazine rings is 1. The quantitative estimate of drug-likeness (QED) is 0.655. The zero-order valence-corrected chi connectivity index (χ0v) is 16.1. The van der Waals surface area contributed by atoms with Gasteiger partial charge in [0.05, 0.1) is 6.20 Å². The zero-order valence-electron chi connectivity index (χ0n) is 16.1. The maximum absolute atomic E-state index is 4.75. The average Bonchev–Trinajstić information content (AvgIpc) is 2.79. The van der Waals surface area contributed by atoms with Gasteiger partial charge in [0.15, 0.2) is 5.82 Å². The summed E-state index contributed by atoms with van der Waals surface area (Å²) in [5, 5.41) is 8.47. The third-order valence-corrected chi connectivity index (χ3v) is 5.10. The van der Waals surface area contributed by atoms with Crippen molar-refractivity contribution in [1.29, 1.82) is 0 Å². The highest BCUT2D eigenvalue weighted by Gasteiger charge is 2.20. The fourth-order valence-electron chi connectivity index (χ4n) is 3.37. The first-order chi connectivity index (χ1) is 13.8. The number of hydrogen-bond acceptors (Lipinski definition) is 7. The summed E-state index contributed by atoms with van der Waals surface area (Å²) in [5.41, 5.74) is 2.53. The van der Waals surface area contributed by atoms with Crippen LogP contribution in [0.3, 0.4) is 0 Å². The molecule has 0 bridgehead atoms. The number of likely N-dealkylation sites (N-methyl/N-ethyl adjacent to an activating group) is 1. The number of hydrogen-bond donors (Lipinski definition) is 0.